The molecule has 0 spiro atoms. The molecule has 0 aliphatic carbocycles. The van der Waals surface area contributed by atoms with Crippen molar-refractivity contribution in [3.8, 4) is 0 Å². The van der Waals surface area contributed by atoms with E-state index in [4.69, 9.17) is 0 Å². The molecule has 104 valence electrons. The molecule has 1 unspecified atom stereocenters. The number of carbonyl (C=O) groups is 1. The summed E-state index contributed by atoms with van der Waals surface area (Å²) in [4.78, 5) is 13.8. The normalized spacial score (nSPS) is 19.3. The van der Waals surface area contributed by atoms with Crippen molar-refractivity contribution in [1.29, 1.82) is 0 Å². The Hall–Kier alpha value is -1.58. The number of piperidine rings is 1. The largest absolute Gasteiger partial charge is 0.334 e. The Morgan fingerprint density at radius 1 is 1.53 bits per heavy atom. The molecule has 1 atom stereocenters. The first-order chi connectivity index (χ1) is 9.06. The number of nitrogens with one attached hydrogen (secondary N) is 1. The summed E-state index contributed by atoms with van der Waals surface area (Å²) in [7, 11) is 0. The molecule has 1 aromatic rings. The number of amides is 2. The van der Waals surface area contributed by atoms with Gasteiger partial charge in [-0.2, -0.15) is 0 Å². The lowest BCUT2D eigenvalue weighted by atomic mass is 10.0. The third-order valence-corrected chi connectivity index (χ3v) is 3.62. The molecule has 1 aliphatic heterocycles. The standard InChI is InChI=1S/C15H21FN2O/c1-11-4-3-7-18(10-11)15(19)17-9-13-6-5-12(2)14(16)8-13/h5-6,8,11H,3-4,7,9-10H2,1-2H3,(H,17,19). The number of likely N-dealkylation sites (tertiary alicyclic amines) is 1. The molecule has 0 radical (unpaired) electrons. The molecule has 1 aliphatic rings. The second-order valence-electron chi connectivity index (χ2n) is 5.44. The second-order valence-corrected chi connectivity index (χ2v) is 5.44. The van der Waals surface area contributed by atoms with Gasteiger partial charge in [0.1, 0.15) is 5.82 Å². The van der Waals surface area contributed by atoms with Crippen LogP contribution in [-0.4, -0.2) is 24.0 Å². The summed E-state index contributed by atoms with van der Waals surface area (Å²) in [5.74, 6) is 0.342. The fourth-order valence-corrected chi connectivity index (χ4v) is 2.41. The number of hydrogen-bond acceptors (Lipinski definition) is 1. The van der Waals surface area contributed by atoms with Crippen LogP contribution in [0.2, 0.25) is 0 Å². The minimum absolute atomic E-state index is 0.0486. The summed E-state index contributed by atoms with van der Waals surface area (Å²) in [6.07, 6.45) is 2.25. The number of nitrogens with zero attached hydrogens (tertiary/aromatic N) is 1. The van der Waals surface area contributed by atoms with E-state index in [0.29, 0.717) is 18.0 Å². The monoisotopic (exact) mass is 264 g/mol. The first-order valence-electron chi connectivity index (χ1n) is 6.84. The van der Waals surface area contributed by atoms with Crippen LogP contribution < -0.4 is 5.32 Å². The molecule has 1 fully saturated rings. The van der Waals surface area contributed by atoms with Crippen LogP contribution in [0.25, 0.3) is 0 Å². The van der Waals surface area contributed by atoms with E-state index in [1.165, 1.54) is 12.5 Å². The molecule has 0 aromatic heterocycles. The highest BCUT2D eigenvalue weighted by Crippen LogP contribution is 2.15. The first kappa shape index (κ1) is 13.8. The number of carbonyl (C=O) groups excluding carboxylic acids is 1. The summed E-state index contributed by atoms with van der Waals surface area (Å²) in [5, 5.41) is 2.86. The third kappa shape index (κ3) is 3.69. The van der Waals surface area contributed by atoms with Crippen molar-refractivity contribution in [3.63, 3.8) is 0 Å². The van der Waals surface area contributed by atoms with Gasteiger partial charge in [0.15, 0.2) is 0 Å². The molecule has 1 saturated heterocycles. The average Bonchev–Trinajstić information content (AvgIpc) is 2.40. The predicted molar refractivity (Wildman–Crippen MR) is 73.3 cm³/mol. The van der Waals surface area contributed by atoms with Crippen molar-refractivity contribution in [2.45, 2.75) is 33.2 Å². The molecular formula is C15H21FN2O. The van der Waals surface area contributed by atoms with Crippen LogP contribution >= 0.6 is 0 Å². The van der Waals surface area contributed by atoms with E-state index in [-0.39, 0.29) is 11.8 Å². The van der Waals surface area contributed by atoms with Gasteiger partial charge in [0, 0.05) is 19.6 Å². The lowest BCUT2D eigenvalue weighted by Crippen LogP contribution is -2.44. The molecule has 1 aromatic carbocycles. The van der Waals surface area contributed by atoms with E-state index in [2.05, 4.69) is 12.2 Å². The zero-order chi connectivity index (χ0) is 13.8. The summed E-state index contributed by atoms with van der Waals surface area (Å²) in [6, 6.07) is 5.01. The average molecular weight is 264 g/mol. The van der Waals surface area contributed by atoms with Crippen molar-refractivity contribution in [2.24, 2.45) is 5.92 Å². The minimum Gasteiger partial charge on any atom is -0.334 e. The van der Waals surface area contributed by atoms with Crippen LogP contribution in [0.1, 0.15) is 30.9 Å². The van der Waals surface area contributed by atoms with Gasteiger partial charge in [-0.15, -0.1) is 0 Å². The summed E-state index contributed by atoms with van der Waals surface area (Å²) in [6.45, 7) is 5.90. The maximum atomic E-state index is 13.4. The molecule has 0 bridgehead atoms. The number of urea groups is 1. The molecule has 1 heterocycles. The summed E-state index contributed by atoms with van der Waals surface area (Å²) in [5.41, 5.74) is 1.42. The predicted octanol–water partition coefficient (Wildman–Crippen LogP) is 3.08. The van der Waals surface area contributed by atoms with Crippen molar-refractivity contribution >= 4 is 6.03 Å². The smallest absolute Gasteiger partial charge is 0.317 e. The highest BCUT2D eigenvalue weighted by molar-refractivity contribution is 5.74. The summed E-state index contributed by atoms with van der Waals surface area (Å²) >= 11 is 0. The number of aryl methyl sites for hydroxylation is 1. The first-order valence-corrected chi connectivity index (χ1v) is 6.84. The Labute approximate surface area is 113 Å². The fraction of sp³-hybridized carbons (Fsp3) is 0.533. The molecule has 0 saturated carbocycles. The molecule has 2 amide bonds. The Morgan fingerprint density at radius 3 is 3.00 bits per heavy atom. The van der Waals surface area contributed by atoms with Crippen molar-refractivity contribution in [3.05, 3.63) is 35.1 Å². The molecule has 4 heteroatoms. The quantitative estimate of drug-likeness (QED) is 0.874. The second kappa shape index (κ2) is 6.04. The van der Waals surface area contributed by atoms with Gasteiger partial charge >= 0.3 is 6.03 Å². The van der Waals surface area contributed by atoms with Gasteiger partial charge in [0.25, 0.3) is 0 Å². The molecular weight excluding hydrogens is 243 g/mol. The zero-order valence-electron chi connectivity index (χ0n) is 11.6. The zero-order valence-corrected chi connectivity index (χ0v) is 11.6. The third-order valence-electron chi connectivity index (χ3n) is 3.62. The van der Waals surface area contributed by atoms with E-state index < -0.39 is 0 Å². The van der Waals surface area contributed by atoms with Gasteiger partial charge in [-0.25, -0.2) is 9.18 Å². The Kier molecular flexibility index (Phi) is 4.40. The van der Waals surface area contributed by atoms with Crippen LogP contribution in [0.5, 0.6) is 0 Å². The topological polar surface area (TPSA) is 32.3 Å². The Bertz CT molecular complexity index is 461. The van der Waals surface area contributed by atoms with Gasteiger partial charge in [0.2, 0.25) is 0 Å². The van der Waals surface area contributed by atoms with Gasteiger partial charge in [0.05, 0.1) is 0 Å². The molecule has 1 N–H and O–H groups in total. The lowest BCUT2D eigenvalue weighted by molar-refractivity contribution is 0.169. The van der Waals surface area contributed by atoms with E-state index in [1.54, 1.807) is 13.0 Å². The molecule has 3 nitrogen and oxygen atoms in total. The SMILES string of the molecule is Cc1ccc(CNC(=O)N2CCCC(C)C2)cc1F. The maximum Gasteiger partial charge on any atom is 0.317 e. The van der Waals surface area contributed by atoms with Crippen LogP contribution in [-0.2, 0) is 6.54 Å². The van der Waals surface area contributed by atoms with Crippen molar-refractivity contribution in [1.82, 2.24) is 10.2 Å². The maximum absolute atomic E-state index is 13.4. The van der Waals surface area contributed by atoms with Gasteiger partial charge < -0.3 is 10.2 Å². The Balaban J connectivity index is 1.87. The van der Waals surface area contributed by atoms with E-state index in [9.17, 15) is 9.18 Å². The Morgan fingerprint density at radius 2 is 2.32 bits per heavy atom. The lowest BCUT2D eigenvalue weighted by Gasteiger charge is -2.30. The van der Waals surface area contributed by atoms with Crippen molar-refractivity contribution < 1.29 is 9.18 Å². The van der Waals surface area contributed by atoms with Gasteiger partial charge in [-0.05, 0) is 42.9 Å². The number of hydrogen-bond donors (Lipinski definition) is 1. The van der Waals surface area contributed by atoms with Crippen LogP contribution in [0, 0.1) is 18.7 Å². The number of benzene rings is 1. The van der Waals surface area contributed by atoms with Crippen LogP contribution in [0.3, 0.4) is 0 Å². The van der Waals surface area contributed by atoms with Gasteiger partial charge in [-0.1, -0.05) is 19.1 Å². The van der Waals surface area contributed by atoms with E-state index in [1.807, 2.05) is 11.0 Å². The fourth-order valence-electron chi connectivity index (χ4n) is 2.41. The van der Waals surface area contributed by atoms with Crippen LogP contribution in [0.15, 0.2) is 18.2 Å². The highest BCUT2D eigenvalue weighted by atomic mass is 19.1. The van der Waals surface area contributed by atoms with E-state index >= 15 is 0 Å². The van der Waals surface area contributed by atoms with Crippen molar-refractivity contribution in [2.75, 3.05) is 13.1 Å². The van der Waals surface area contributed by atoms with E-state index in [0.717, 1.165) is 25.1 Å². The molecule has 2 rings (SSSR count). The summed E-state index contributed by atoms with van der Waals surface area (Å²) < 4.78 is 13.4. The number of halogens is 1. The highest BCUT2D eigenvalue weighted by Gasteiger charge is 2.20. The van der Waals surface area contributed by atoms with Crippen LogP contribution in [0.4, 0.5) is 9.18 Å². The number of rotatable bonds is 2. The minimum atomic E-state index is -0.224. The van der Waals surface area contributed by atoms with Gasteiger partial charge in [-0.3, -0.25) is 0 Å². The molecule has 19 heavy (non-hydrogen) atoms.